The van der Waals surface area contributed by atoms with Crippen LogP contribution in [0, 0.1) is 0 Å². The van der Waals surface area contributed by atoms with E-state index in [4.69, 9.17) is 4.74 Å². The molecule has 1 heterocycles. The third-order valence-electron chi connectivity index (χ3n) is 6.20. The summed E-state index contributed by atoms with van der Waals surface area (Å²) in [6, 6.07) is 24.3. The summed E-state index contributed by atoms with van der Waals surface area (Å²) >= 11 is 0. The molecule has 4 rings (SSSR count). The van der Waals surface area contributed by atoms with Crippen LogP contribution in [0.2, 0.25) is 0 Å². The molecule has 6 heteroatoms. The van der Waals surface area contributed by atoms with Crippen molar-refractivity contribution >= 4 is 0 Å². The first kappa shape index (κ1) is 22.5. The number of hydrogen-bond donors (Lipinski definition) is 1. The van der Waals surface area contributed by atoms with Crippen LogP contribution in [0.4, 0.5) is 13.2 Å². The van der Waals surface area contributed by atoms with Gasteiger partial charge in [-0.25, -0.2) is 0 Å². The molecule has 1 N–H and O–H groups in total. The highest BCUT2D eigenvalue weighted by molar-refractivity contribution is 5.47. The van der Waals surface area contributed by atoms with E-state index in [2.05, 4.69) is 4.90 Å². The van der Waals surface area contributed by atoms with Gasteiger partial charge in [0.25, 0.3) is 0 Å². The van der Waals surface area contributed by atoms with Crippen molar-refractivity contribution in [2.45, 2.75) is 24.2 Å². The third kappa shape index (κ3) is 4.44. The summed E-state index contributed by atoms with van der Waals surface area (Å²) in [6.07, 6.45) is -5.21. The first-order valence-electron chi connectivity index (χ1n) is 10.7. The molecular weight excluding hydrogens is 415 g/mol. The van der Waals surface area contributed by atoms with Crippen molar-refractivity contribution < 1.29 is 23.0 Å². The molecule has 0 radical (unpaired) electrons. The average Bonchev–Trinajstić information content (AvgIpc) is 2.81. The summed E-state index contributed by atoms with van der Waals surface area (Å²) in [5.41, 5.74) is -0.346. The Morgan fingerprint density at radius 3 is 2.06 bits per heavy atom. The van der Waals surface area contributed by atoms with Crippen LogP contribution in [-0.4, -0.2) is 42.4 Å². The SMILES string of the molecule is OCC(c1ccccc1)(c1ccccc1C(F)(F)F)C1CN(Cc2ccccc2)CCO1. The van der Waals surface area contributed by atoms with Gasteiger partial charge in [0.1, 0.15) is 0 Å². The minimum atomic E-state index is -4.55. The lowest BCUT2D eigenvalue weighted by Crippen LogP contribution is -2.55. The van der Waals surface area contributed by atoms with Crippen molar-refractivity contribution in [1.29, 1.82) is 0 Å². The monoisotopic (exact) mass is 441 g/mol. The van der Waals surface area contributed by atoms with Gasteiger partial charge < -0.3 is 9.84 Å². The Balaban J connectivity index is 1.79. The molecule has 0 spiro atoms. The normalized spacial score (nSPS) is 19.4. The van der Waals surface area contributed by atoms with E-state index in [0.717, 1.165) is 11.6 Å². The van der Waals surface area contributed by atoms with Gasteiger partial charge in [-0.05, 0) is 22.8 Å². The quantitative estimate of drug-likeness (QED) is 0.592. The highest BCUT2D eigenvalue weighted by atomic mass is 19.4. The Kier molecular flexibility index (Phi) is 6.65. The highest BCUT2D eigenvalue weighted by Gasteiger charge is 2.49. The van der Waals surface area contributed by atoms with Crippen LogP contribution in [0.3, 0.4) is 0 Å². The highest BCUT2D eigenvalue weighted by Crippen LogP contribution is 2.44. The number of ether oxygens (including phenoxy) is 1. The number of aliphatic hydroxyl groups excluding tert-OH is 1. The first-order valence-corrected chi connectivity index (χ1v) is 10.7. The van der Waals surface area contributed by atoms with Gasteiger partial charge in [0.05, 0.1) is 30.3 Å². The fraction of sp³-hybridized carbons (Fsp3) is 0.308. The maximum absolute atomic E-state index is 14.0. The molecule has 3 nitrogen and oxygen atoms in total. The van der Waals surface area contributed by atoms with E-state index in [1.54, 1.807) is 30.3 Å². The second kappa shape index (κ2) is 9.45. The lowest BCUT2D eigenvalue weighted by atomic mass is 9.68. The zero-order chi connectivity index (χ0) is 22.6. The number of rotatable bonds is 6. The lowest BCUT2D eigenvalue weighted by molar-refractivity contribution is -0.140. The van der Waals surface area contributed by atoms with Crippen LogP contribution in [0.5, 0.6) is 0 Å². The maximum atomic E-state index is 14.0. The lowest BCUT2D eigenvalue weighted by Gasteiger charge is -2.45. The van der Waals surface area contributed by atoms with Crippen molar-refractivity contribution in [3.63, 3.8) is 0 Å². The van der Waals surface area contributed by atoms with Gasteiger partial charge in [0, 0.05) is 19.6 Å². The fourth-order valence-corrected chi connectivity index (χ4v) is 4.63. The maximum Gasteiger partial charge on any atom is 0.416 e. The average molecular weight is 441 g/mol. The molecule has 2 unspecified atom stereocenters. The van der Waals surface area contributed by atoms with Gasteiger partial charge >= 0.3 is 6.18 Å². The Morgan fingerprint density at radius 1 is 0.844 bits per heavy atom. The van der Waals surface area contributed by atoms with Gasteiger partial charge in [-0.1, -0.05) is 78.9 Å². The molecule has 1 fully saturated rings. The summed E-state index contributed by atoms with van der Waals surface area (Å²) in [6.45, 7) is 1.60. The van der Waals surface area contributed by atoms with E-state index >= 15 is 0 Å². The van der Waals surface area contributed by atoms with E-state index in [9.17, 15) is 18.3 Å². The molecule has 3 aromatic carbocycles. The molecule has 0 aliphatic carbocycles. The van der Waals surface area contributed by atoms with Crippen molar-refractivity contribution in [3.05, 3.63) is 107 Å². The van der Waals surface area contributed by atoms with Crippen molar-refractivity contribution in [1.82, 2.24) is 4.90 Å². The molecule has 0 amide bonds. The smallest absolute Gasteiger partial charge is 0.395 e. The predicted molar refractivity (Wildman–Crippen MR) is 117 cm³/mol. The van der Waals surface area contributed by atoms with Crippen LogP contribution >= 0.6 is 0 Å². The molecular formula is C26H26F3NO2. The minimum absolute atomic E-state index is 0.0350. The van der Waals surface area contributed by atoms with Gasteiger partial charge in [-0.2, -0.15) is 13.2 Å². The topological polar surface area (TPSA) is 32.7 Å². The van der Waals surface area contributed by atoms with E-state index < -0.39 is 29.9 Å². The van der Waals surface area contributed by atoms with Gasteiger partial charge in [0.15, 0.2) is 0 Å². The summed E-state index contributed by atoms with van der Waals surface area (Å²) in [4.78, 5) is 2.17. The van der Waals surface area contributed by atoms with Gasteiger partial charge in [0.2, 0.25) is 0 Å². The molecule has 1 aliphatic rings. The molecule has 168 valence electrons. The van der Waals surface area contributed by atoms with E-state index in [0.29, 0.717) is 31.8 Å². The Morgan fingerprint density at radius 2 is 1.44 bits per heavy atom. The van der Waals surface area contributed by atoms with Crippen molar-refractivity contribution in [3.8, 4) is 0 Å². The number of benzene rings is 3. The number of morpholine rings is 1. The summed E-state index contributed by atoms with van der Waals surface area (Å²) < 4.78 is 48.2. The zero-order valence-corrected chi connectivity index (χ0v) is 17.6. The Labute approximate surface area is 186 Å². The number of halogens is 3. The number of nitrogens with zero attached hydrogens (tertiary/aromatic N) is 1. The van der Waals surface area contributed by atoms with Crippen LogP contribution in [0.25, 0.3) is 0 Å². The van der Waals surface area contributed by atoms with Gasteiger partial charge in [-0.15, -0.1) is 0 Å². The molecule has 3 aromatic rings. The van der Waals surface area contributed by atoms with E-state index in [-0.39, 0.29) is 5.56 Å². The summed E-state index contributed by atoms with van der Waals surface area (Å²) in [5.74, 6) is 0. The second-order valence-electron chi connectivity index (χ2n) is 8.12. The molecule has 0 aromatic heterocycles. The zero-order valence-electron chi connectivity index (χ0n) is 17.6. The molecule has 0 saturated carbocycles. The molecule has 32 heavy (non-hydrogen) atoms. The Hall–Kier alpha value is -2.67. The molecule has 1 aliphatic heterocycles. The number of aliphatic hydroxyl groups is 1. The second-order valence-corrected chi connectivity index (χ2v) is 8.12. The van der Waals surface area contributed by atoms with E-state index in [1.807, 2.05) is 36.4 Å². The minimum Gasteiger partial charge on any atom is -0.395 e. The van der Waals surface area contributed by atoms with Crippen LogP contribution in [-0.2, 0) is 22.9 Å². The number of alkyl halides is 3. The molecule has 1 saturated heterocycles. The first-order chi connectivity index (χ1) is 15.4. The van der Waals surface area contributed by atoms with Crippen LogP contribution in [0.1, 0.15) is 22.3 Å². The Bertz CT molecular complexity index is 1010. The van der Waals surface area contributed by atoms with Crippen molar-refractivity contribution in [2.24, 2.45) is 0 Å². The van der Waals surface area contributed by atoms with E-state index in [1.165, 1.54) is 12.1 Å². The molecule has 0 bridgehead atoms. The van der Waals surface area contributed by atoms with Gasteiger partial charge in [-0.3, -0.25) is 4.90 Å². The fourth-order valence-electron chi connectivity index (χ4n) is 4.63. The standard InChI is InChI=1S/C26H26F3NO2/c27-26(28,29)23-14-8-7-13-22(23)25(19-31,21-11-5-2-6-12-21)24-18-30(15-16-32-24)17-20-9-3-1-4-10-20/h1-14,24,31H,15-19H2. The third-order valence-corrected chi connectivity index (χ3v) is 6.20. The molecule has 2 atom stereocenters. The number of hydrogen-bond acceptors (Lipinski definition) is 3. The summed E-state index contributed by atoms with van der Waals surface area (Å²) in [7, 11) is 0. The summed E-state index contributed by atoms with van der Waals surface area (Å²) in [5, 5.41) is 10.7. The van der Waals surface area contributed by atoms with Crippen LogP contribution in [0.15, 0.2) is 84.9 Å². The largest absolute Gasteiger partial charge is 0.416 e. The predicted octanol–water partition coefficient (Wildman–Crippen LogP) is 4.88. The van der Waals surface area contributed by atoms with Crippen molar-refractivity contribution in [2.75, 3.05) is 26.3 Å². The van der Waals surface area contributed by atoms with Crippen LogP contribution < -0.4 is 0 Å².